The van der Waals surface area contributed by atoms with Gasteiger partial charge in [0.15, 0.2) is 0 Å². The number of aliphatic hydroxyl groups excluding tert-OH is 1. The van der Waals surface area contributed by atoms with Crippen LogP contribution in [0.4, 0.5) is 0 Å². The summed E-state index contributed by atoms with van der Waals surface area (Å²) < 4.78 is 0. The topological polar surface area (TPSA) is 95.3 Å². The zero-order chi connectivity index (χ0) is 14.4. The van der Waals surface area contributed by atoms with Gasteiger partial charge in [-0.25, -0.2) is 14.8 Å². The third-order valence-electron chi connectivity index (χ3n) is 2.82. The van der Waals surface area contributed by atoms with Crippen molar-refractivity contribution >= 4 is 5.97 Å². The predicted molar refractivity (Wildman–Crippen MR) is 71.9 cm³/mol. The van der Waals surface area contributed by atoms with E-state index in [1.807, 2.05) is 24.3 Å². The molecule has 0 bridgehead atoms. The van der Waals surface area contributed by atoms with Gasteiger partial charge in [0.25, 0.3) is 0 Å². The fraction of sp³-hybridized carbons (Fsp3) is 0.214. The smallest absolute Gasteiger partial charge is 0.339 e. The Morgan fingerprint density at radius 2 is 2.05 bits per heavy atom. The molecule has 1 aromatic heterocycles. The van der Waals surface area contributed by atoms with Crippen molar-refractivity contribution in [2.45, 2.75) is 19.7 Å². The second-order valence-electron chi connectivity index (χ2n) is 4.27. The number of aromatic carboxylic acids is 1. The first-order valence-electron chi connectivity index (χ1n) is 6.12. The van der Waals surface area contributed by atoms with E-state index in [1.165, 1.54) is 12.5 Å². The summed E-state index contributed by atoms with van der Waals surface area (Å²) in [6.45, 7) is 0.910. The first kappa shape index (κ1) is 14.1. The quantitative estimate of drug-likeness (QED) is 0.725. The van der Waals surface area contributed by atoms with Gasteiger partial charge in [-0.15, -0.1) is 0 Å². The molecule has 0 saturated carbocycles. The van der Waals surface area contributed by atoms with Crippen LogP contribution in [0.1, 0.15) is 27.2 Å². The average molecular weight is 273 g/mol. The first-order valence-corrected chi connectivity index (χ1v) is 6.12. The van der Waals surface area contributed by atoms with Crippen molar-refractivity contribution in [3.63, 3.8) is 0 Å². The second kappa shape index (κ2) is 6.74. The SMILES string of the molecule is O=C(O)c1cncnc1CNCc1cccc(CO)c1. The minimum Gasteiger partial charge on any atom is -0.478 e. The molecule has 0 spiro atoms. The van der Waals surface area contributed by atoms with Crippen LogP contribution >= 0.6 is 0 Å². The van der Waals surface area contributed by atoms with Gasteiger partial charge in [0.05, 0.1) is 12.3 Å². The second-order valence-corrected chi connectivity index (χ2v) is 4.27. The summed E-state index contributed by atoms with van der Waals surface area (Å²) >= 11 is 0. The number of aromatic nitrogens is 2. The summed E-state index contributed by atoms with van der Waals surface area (Å²) in [5, 5.41) is 21.2. The van der Waals surface area contributed by atoms with Gasteiger partial charge in [0.2, 0.25) is 0 Å². The van der Waals surface area contributed by atoms with Crippen LogP contribution in [0.15, 0.2) is 36.8 Å². The van der Waals surface area contributed by atoms with Crippen molar-refractivity contribution in [3.8, 4) is 0 Å². The summed E-state index contributed by atoms with van der Waals surface area (Å²) in [5.74, 6) is -1.04. The highest BCUT2D eigenvalue weighted by molar-refractivity contribution is 5.88. The van der Waals surface area contributed by atoms with Crippen molar-refractivity contribution in [1.29, 1.82) is 0 Å². The van der Waals surface area contributed by atoms with Crippen molar-refractivity contribution in [2.75, 3.05) is 0 Å². The number of hydrogen-bond acceptors (Lipinski definition) is 5. The maximum absolute atomic E-state index is 11.0. The lowest BCUT2D eigenvalue weighted by atomic mass is 10.1. The minimum absolute atomic E-state index is 0.00289. The summed E-state index contributed by atoms with van der Waals surface area (Å²) in [4.78, 5) is 18.7. The zero-order valence-electron chi connectivity index (χ0n) is 10.8. The van der Waals surface area contributed by atoms with Gasteiger partial charge < -0.3 is 15.5 Å². The first-order chi connectivity index (χ1) is 9.70. The Balaban J connectivity index is 1.97. The molecule has 0 unspecified atom stereocenters. The van der Waals surface area contributed by atoms with Crippen LogP contribution in [0.25, 0.3) is 0 Å². The predicted octanol–water partition coefficient (Wildman–Crippen LogP) is 0.957. The molecule has 6 heteroatoms. The summed E-state index contributed by atoms with van der Waals surface area (Å²) in [7, 11) is 0. The number of nitrogens with one attached hydrogen (secondary N) is 1. The number of hydrogen-bond donors (Lipinski definition) is 3. The van der Waals surface area contributed by atoms with Crippen LogP contribution < -0.4 is 5.32 Å². The van der Waals surface area contributed by atoms with E-state index in [4.69, 9.17) is 10.2 Å². The van der Waals surface area contributed by atoms with E-state index < -0.39 is 5.97 Å². The normalized spacial score (nSPS) is 10.4. The van der Waals surface area contributed by atoms with Crippen LogP contribution in [-0.2, 0) is 19.7 Å². The van der Waals surface area contributed by atoms with Crippen molar-refractivity contribution in [2.24, 2.45) is 0 Å². The number of rotatable bonds is 6. The Morgan fingerprint density at radius 1 is 1.25 bits per heavy atom. The highest BCUT2D eigenvalue weighted by atomic mass is 16.4. The minimum atomic E-state index is -1.04. The molecule has 0 amide bonds. The van der Waals surface area contributed by atoms with Crippen LogP contribution in [0.5, 0.6) is 0 Å². The Morgan fingerprint density at radius 3 is 2.80 bits per heavy atom. The Bertz CT molecular complexity index is 602. The molecule has 1 heterocycles. The van der Waals surface area contributed by atoms with E-state index in [9.17, 15) is 4.79 Å². The van der Waals surface area contributed by atoms with E-state index in [2.05, 4.69) is 15.3 Å². The number of benzene rings is 1. The summed E-state index contributed by atoms with van der Waals surface area (Å²) in [6, 6.07) is 7.54. The van der Waals surface area contributed by atoms with E-state index in [0.29, 0.717) is 18.8 Å². The molecule has 2 rings (SSSR count). The van der Waals surface area contributed by atoms with Gasteiger partial charge in [-0.1, -0.05) is 24.3 Å². The Kier molecular flexibility index (Phi) is 4.75. The number of aliphatic hydroxyl groups is 1. The molecule has 0 aliphatic carbocycles. The summed E-state index contributed by atoms with van der Waals surface area (Å²) in [5.41, 5.74) is 2.41. The third kappa shape index (κ3) is 3.59. The van der Waals surface area contributed by atoms with Gasteiger partial charge in [-0.05, 0) is 11.1 Å². The van der Waals surface area contributed by atoms with E-state index in [-0.39, 0.29) is 12.2 Å². The van der Waals surface area contributed by atoms with Gasteiger partial charge in [0, 0.05) is 19.3 Å². The third-order valence-corrected chi connectivity index (χ3v) is 2.82. The number of carboxylic acids is 1. The van der Waals surface area contributed by atoms with E-state index >= 15 is 0 Å². The van der Waals surface area contributed by atoms with Crippen molar-refractivity contribution in [1.82, 2.24) is 15.3 Å². The van der Waals surface area contributed by atoms with E-state index in [1.54, 1.807) is 0 Å². The molecule has 6 nitrogen and oxygen atoms in total. The van der Waals surface area contributed by atoms with Crippen LogP contribution in [0, 0.1) is 0 Å². The fourth-order valence-corrected chi connectivity index (χ4v) is 1.84. The maximum atomic E-state index is 11.0. The summed E-state index contributed by atoms with van der Waals surface area (Å²) in [6.07, 6.45) is 2.62. The Hall–Kier alpha value is -2.31. The van der Waals surface area contributed by atoms with Crippen LogP contribution in [0.2, 0.25) is 0 Å². The standard InChI is InChI=1S/C14H15N3O3/c18-8-11-3-1-2-10(4-11)5-15-7-13-12(14(19)20)6-16-9-17-13/h1-4,6,9,15,18H,5,7-8H2,(H,19,20). The molecule has 20 heavy (non-hydrogen) atoms. The molecule has 3 N–H and O–H groups in total. The molecular formula is C14H15N3O3. The molecule has 104 valence electrons. The lowest BCUT2D eigenvalue weighted by Crippen LogP contribution is -2.17. The molecule has 1 aromatic carbocycles. The lowest BCUT2D eigenvalue weighted by Gasteiger charge is -2.07. The highest BCUT2D eigenvalue weighted by Gasteiger charge is 2.10. The van der Waals surface area contributed by atoms with Crippen LogP contribution in [0.3, 0.4) is 0 Å². The number of carboxylic acid groups (broad SMARTS) is 1. The van der Waals surface area contributed by atoms with E-state index in [0.717, 1.165) is 11.1 Å². The number of carbonyl (C=O) groups is 1. The van der Waals surface area contributed by atoms with Gasteiger partial charge in [0.1, 0.15) is 11.9 Å². The molecule has 2 aromatic rings. The zero-order valence-corrected chi connectivity index (χ0v) is 10.8. The molecule has 0 atom stereocenters. The molecule has 0 fully saturated rings. The fourth-order valence-electron chi connectivity index (χ4n) is 1.84. The van der Waals surface area contributed by atoms with Crippen LogP contribution in [-0.4, -0.2) is 26.2 Å². The molecular weight excluding hydrogens is 258 g/mol. The lowest BCUT2D eigenvalue weighted by molar-refractivity contribution is 0.0694. The van der Waals surface area contributed by atoms with Gasteiger partial charge in [-0.3, -0.25) is 0 Å². The molecule has 0 aliphatic heterocycles. The number of nitrogens with zero attached hydrogens (tertiary/aromatic N) is 2. The largest absolute Gasteiger partial charge is 0.478 e. The highest BCUT2D eigenvalue weighted by Crippen LogP contribution is 2.07. The van der Waals surface area contributed by atoms with Crippen molar-refractivity contribution < 1.29 is 15.0 Å². The van der Waals surface area contributed by atoms with Gasteiger partial charge >= 0.3 is 5.97 Å². The van der Waals surface area contributed by atoms with Gasteiger partial charge in [-0.2, -0.15) is 0 Å². The average Bonchev–Trinajstić information content (AvgIpc) is 2.48. The maximum Gasteiger partial charge on any atom is 0.339 e. The van der Waals surface area contributed by atoms with Crippen molar-refractivity contribution in [3.05, 3.63) is 59.2 Å². The Labute approximate surface area is 116 Å². The monoisotopic (exact) mass is 273 g/mol. The molecule has 0 radical (unpaired) electrons. The molecule has 0 saturated heterocycles. The molecule has 0 aliphatic rings.